The van der Waals surface area contributed by atoms with Crippen LogP contribution in [0.1, 0.15) is 38.8 Å². The molecule has 0 saturated heterocycles. The second kappa shape index (κ2) is 8.33. The average molecular weight is 356 g/mol. The minimum atomic E-state index is -0.313. The summed E-state index contributed by atoms with van der Waals surface area (Å²) in [4.78, 5) is 9.33. The molecule has 3 rings (SSSR count). The molecule has 1 aliphatic heterocycles. The van der Waals surface area contributed by atoms with Crippen molar-refractivity contribution in [2.24, 2.45) is 4.99 Å². The second-order valence-electron chi connectivity index (χ2n) is 6.76. The van der Waals surface area contributed by atoms with Crippen LogP contribution >= 0.6 is 0 Å². The van der Waals surface area contributed by atoms with Gasteiger partial charge in [-0.2, -0.15) is 0 Å². The van der Waals surface area contributed by atoms with Crippen molar-refractivity contribution in [3.05, 3.63) is 53.1 Å². The maximum Gasteiger partial charge on any atom is 0.177 e. The van der Waals surface area contributed by atoms with Gasteiger partial charge in [-0.3, -0.25) is 5.32 Å². The zero-order chi connectivity index (χ0) is 18.5. The number of nitrogens with one attached hydrogen (secondary N) is 3. The number of aliphatic hydroxyl groups is 1. The summed E-state index contributed by atoms with van der Waals surface area (Å²) in [5.41, 5.74) is 2.04. The van der Waals surface area contributed by atoms with E-state index in [1.54, 1.807) is 0 Å². The molecule has 2 heterocycles. The molecular formula is C19H28N6O. The van der Waals surface area contributed by atoms with Crippen molar-refractivity contribution in [1.29, 1.82) is 0 Å². The number of rotatable bonds is 8. The molecule has 2 atom stereocenters. The number of aliphatic hydroxyl groups excluding tert-OH is 1. The normalized spacial score (nSPS) is 17.4. The van der Waals surface area contributed by atoms with Gasteiger partial charge in [0.05, 0.1) is 12.9 Å². The van der Waals surface area contributed by atoms with E-state index in [4.69, 9.17) is 4.99 Å². The lowest BCUT2D eigenvalue weighted by molar-refractivity contribution is 0.222. The number of aromatic nitrogens is 2. The predicted octanol–water partition coefficient (Wildman–Crippen LogP) is 0.186. The lowest BCUT2D eigenvalue weighted by Gasteiger charge is -2.26. The van der Waals surface area contributed by atoms with Crippen molar-refractivity contribution in [2.75, 3.05) is 6.61 Å². The van der Waals surface area contributed by atoms with Gasteiger partial charge in [-0.1, -0.05) is 37.3 Å². The number of benzene rings is 1. The van der Waals surface area contributed by atoms with E-state index in [0.29, 0.717) is 6.54 Å². The van der Waals surface area contributed by atoms with Crippen LogP contribution in [0.3, 0.4) is 0 Å². The molecular weight excluding hydrogens is 328 g/mol. The van der Waals surface area contributed by atoms with E-state index in [0.717, 1.165) is 23.1 Å². The van der Waals surface area contributed by atoms with Crippen molar-refractivity contribution in [3.63, 3.8) is 0 Å². The van der Waals surface area contributed by atoms with E-state index in [-0.39, 0.29) is 25.0 Å². The van der Waals surface area contributed by atoms with Crippen molar-refractivity contribution < 1.29 is 5.11 Å². The Hall–Kier alpha value is -2.38. The summed E-state index contributed by atoms with van der Waals surface area (Å²) in [5.74, 6) is 0.851. The van der Waals surface area contributed by atoms with Crippen LogP contribution in [0.15, 0.2) is 41.7 Å². The smallest absolute Gasteiger partial charge is 0.177 e. The molecule has 1 aromatic heterocycles. The zero-order valence-electron chi connectivity index (χ0n) is 15.6. The Bertz CT molecular complexity index is 825. The van der Waals surface area contributed by atoms with Gasteiger partial charge in [-0.25, -0.2) is 9.98 Å². The Morgan fingerprint density at radius 1 is 1.27 bits per heavy atom. The number of hydrogen-bond donors (Lipinski definition) is 4. The molecule has 0 bridgehead atoms. The molecule has 0 fully saturated rings. The Morgan fingerprint density at radius 3 is 2.69 bits per heavy atom. The molecule has 7 heteroatoms. The molecule has 0 saturated carbocycles. The van der Waals surface area contributed by atoms with Gasteiger partial charge in [-0.15, -0.1) is 0 Å². The minimum Gasteiger partial charge on any atom is -0.395 e. The first-order valence-corrected chi connectivity index (χ1v) is 9.18. The van der Waals surface area contributed by atoms with Gasteiger partial charge in [-0.05, 0) is 25.8 Å². The monoisotopic (exact) mass is 356 g/mol. The van der Waals surface area contributed by atoms with Crippen LogP contribution in [-0.2, 0) is 6.54 Å². The molecule has 2 aromatic rings. The predicted molar refractivity (Wildman–Crippen MR) is 101 cm³/mol. The van der Waals surface area contributed by atoms with Gasteiger partial charge in [0.1, 0.15) is 11.2 Å². The van der Waals surface area contributed by atoms with Gasteiger partial charge in [0.2, 0.25) is 0 Å². The third kappa shape index (κ3) is 4.05. The maximum absolute atomic E-state index is 9.50. The van der Waals surface area contributed by atoms with Crippen LogP contribution in [0.4, 0.5) is 0 Å². The van der Waals surface area contributed by atoms with E-state index >= 15 is 0 Å². The summed E-state index contributed by atoms with van der Waals surface area (Å²) >= 11 is 0. The Labute approximate surface area is 153 Å². The summed E-state index contributed by atoms with van der Waals surface area (Å²) < 4.78 is 2.06. The van der Waals surface area contributed by atoms with E-state index in [9.17, 15) is 5.11 Å². The summed E-state index contributed by atoms with van der Waals surface area (Å²) in [6, 6.07) is 10.5. The standard InChI is InChI=1S/C19H28N6O/c1-4-15(11-26)22-19-23-17(20-10-14-8-6-5-7-9-14)16-18(24-19)25(12-21-16)13(2)3/h5-9,12-13,15,19-20,22-23,26H,4,10-11H2,1-3H3. The molecule has 0 radical (unpaired) electrons. The molecule has 140 valence electrons. The van der Waals surface area contributed by atoms with Crippen LogP contribution < -0.4 is 26.8 Å². The van der Waals surface area contributed by atoms with Crippen LogP contribution in [0.5, 0.6) is 0 Å². The molecule has 2 unspecified atom stereocenters. The maximum atomic E-state index is 9.50. The summed E-state index contributed by atoms with van der Waals surface area (Å²) in [6.07, 6.45) is 2.34. The first-order valence-electron chi connectivity index (χ1n) is 9.18. The van der Waals surface area contributed by atoms with Crippen molar-refractivity contribution in [3.8, 4) is 0 Å². The number of nitrogens with zero attached hydrogens (tertiary/aromatic N) is 3. The zero-order valence-corrected chi connectivity index (χ0v) is 15.6. The van der Waals surface area contributed by atoms with Gasteiger partial charge in [0.15, 0.2) is 11.8 Å². The highest BCUT2D eigenvalue weighted by atomic mass is 16.3. The highest BCUT2D eigenvalue weighted by molar-refractivity contribution is 5.39. The highest BCUT2D eigenvalue weighted by Crippen LogP contribution is 2.02. The highest BCUT2D eigenvalue weighted by Gasteiger charge is 2.20. The Balaban J connectivity index is 1.90. The largest absolute Gasteiger partial charge is 0.395 e. The third-order valence-corrected chi connectivity index (χ3v) is 4.51. The molecule has 4 N–H and O–H groups in total. The number of hydrogen-bond acceptors (Lipinski definition) is 6. The molecule has 0 amide bonds. The third-order valence-electron chi connectivity index (χ3n) is 4.51. The molecule has 1 aliphatic rings. The Kier molecular flexibility index (Phi) is 5.90. The molecule has 0 spiro atoms. The lowest BCUT2D eigenvalue weighted by Crippen LogP contribution is -2.56. The number of fused-ring (bicyclic) bond motifs is 1. The van der Waals surface area contributed by atoms with Crippen molar-refractivity contribution >= 4 is 5.82 Å². The summed E-state index contributed by atoms with van der Waals surface area (Å²) in [7, 11) is 0. The van der Waals surface area contributed by atoms with Crippen molar-refractivity contribution in [2.45, 2.75) is 52.1 Å². The summed E-state index contributed by atoms with van der Waals surface area (Å²) in [6.45, 7) is 7.04. The fraction of sp³-hybridized carbons (Fsp3) is 0.474. The number of imidazole rings is 1. The van der Waals surface area contributed by atoms with E-state index < -0.39 is 0 Å². The van der Waals surface area contributed by atoms with Crippen LogP contribution in [0.25, 0.3) is 5.82 Å². The van der Waals surface area contributed by atoms with Crippen LogP contribution in [0.2, 0.25) is 0 Å². The van der Waals surface area contributed by atoms with E-state index in [1.807, 2.05) is 31.5 Å². The summed E-state index contributed by atoms with van der Waals surface area (Å²) in [5, 5.41) is 20.5. The molecule has 1 aromatic carbocycles. The van der Waals surface area contributed by atoms with E-state index in [1.165, 1.54) is 5.56 Å². The first-order chi connectivity index (χ1) is 12.6. The van der Waals surface area contributed by atoms with Gasteiger partial charge < -0.3 is 20.3 Å². The SMILES string of the molecule is CCC(CO)NC1N=c2c(ncn2C(C)C)=C(NCc2ccccc2)N1. The van der Waals surface area contributed by atoms with Crippen LogP contribution in [0, 0.1) is 0 Å². The average Bonchev–Trinajstić information content (AvgIpc) is 3.09. The fourth-order valence-corrected chi connectivity index (χ4v) is 2.92. The van der Waals surface area contributed by atoms with Gasteiger partial charge in [0, 0.05) is 18.6 Å². The van der Waals surface area contributed by atoms with Gasteiger partial charge >= 0.3 is 0 Å². The minimum absolute atomic E-state index is 0.0106. The second-order valence-corrected chi connectivity index (χ2v) is 6.76. The van der Waals surface area contributed by atoms with Crippen LogP contribution in [-0.4, -0.2) is 33.6 Å². The first kappa shape index (κ1) is 18.4. The lowest BCUT2D eigenvalue weighted by atomic mass is 10.2. The Morgan fingerprint density at radius 2 is 2.04 bits per heavy atom. The molecule has 0 aliphatic carbocycles. The fourth-order valence-electron chi connectivity index (χ4n) is 2.92. The molecule has 26 heavy (non-hydrogen) atoms. The van der Waals surface area contributed by atoms with Gasteiger partial charge in [0.25, 0.3) is 0 Å². The quantitative estimate of drug-likeness (QED) is 0.542. The topological polar surface area (TPSA) is 86.5 Å². The van der Waals surface area contributed by atoms with E-state index in [2.05, 4.69) is 51.5 Å². The molecule has 7 nitrogen and oxygen atoms in total. The van der Waals surface area contributed by atoms with Crippen molar-refractivity contribution in [1.82, 2.24) is 25.5 Å².